The molecular weight excluding hydrogens is 216 g/mol. The van der Waals surface area contributed by atoms with Crippen LogP contribution in [0.2, 0.25) is 0 Å². The van der Waals surface area contributed by atoms with Gasteiger partial charge in [0.15, 0.2) is 5.78 Å². The van der Waals surface area contributed by atoms with Crippen molar-refractivity contribution >= 4 is 5.78 Å². The summed E-state index contributed by atoms with van der Waals surface area (Å²) >= 11 is 0. The Labute approximate surface area is 103 Å². The summed E-state index contributed by atoms with van der Waals surface area (Å²) in [5, 5.41) is 0. The number of rotatable bonds is 6. The zero-order valence-electron chi connectivity index (χ0n) is 11.0. The van der Waals surface area contributed by atoms with Crippen LogP contribution in [0.1, 0.15) is 42.6 Å². The van der Waals surface area contributed by atoms with E-state index >= 15 is 0 Å². The third-order valence-electron chi connectivity index (χ3n) is 2.80. The number of ketones is 1. The molecule has 0 aliphatic rings. The first-order valence-corrected chi connectivity index (χ1v) is 5.90. The molecule has 0 N–H and O–H groups in total. The van der Waals surface area contributed by atoms with Crippen molar-refractivity contribution in [3.63, 3.8) is 0 Å². The largest absolute Gasteiger partial charge is 0.496 e. The molecule has 1 rings (SSSR count). The summed E-state index contributed by atoms with van der Waals surface area (Å²) < 4.78 is 10.7. The monoisotopic (exact) mass is 236 g/mol. The summed E-state index contributed by atoms with van der Waals surface area (Å²) in [4.78, 5) is 11.5. The third-order valence-corrected chi connectivity index (χ3v) is 2.80. The fourth-order valence-electron chi connectivity index (χ4n) is 1.90. The highest BCUT2D eigenvalue weighted by molar-refractivity contribution is 5.97. The molecule has 1 aromatic carbocycles. The molecule has 0 saturated carbocycles. The Balaban J connectivity index is 3.27. The lowest BCUT2D eigenvalue weighted by Crippen LogP contribution is -2.03. The fourth-order valence-corrected chi connectivity index (χ4v) is 1.90. The molecule has 0 unspecified atom stereocenters. The predicted molar refractivity (Wildman–Crippen MR) is 68.2 cm³/mol. The molecule has 0 aliphatic carbocycles. The highest BCUT2D eigenvalue weighted by Gasteiger charge is 2.16. The maximum atomic E-state index is 11.5. The average molecular weight is 236 g/mol. The Hall–Kier alpha value is -1.51. The first-order chi connectivity index (χ1) is 8.15. The van der Waals surface area contributed by atoms with Crippen molar-refractivity contribution in [1.29, 1.82) is 0 Å². The molecule has 0 heterocycles. The molecule has 0 radical (unpaired) electrons. The number of hydrogen-bond donors (Lipinski definition) is 0. The molecule has 0 spiro atoms. The Morgan fingerprint density at radius 1 is 1.24 bits per heavy atom. The predicted octanol–water partition coefficient (Wildman–Crippen LogP) is 3.25. The molecule has 0 aliphatic heterocycles. The van der Waals surface area contributed by atoms with Crippen LogP contribution in [0.15, 0.2) is 12.1 Å². The van der Waals surface area contributed by atoms with E-state index in [0.29, 0.717) is 11.3 Å². The number of Topliss-reactive ketones (excluding diaryl/α,β-unsaturated/α-hetero) is 1. The van der Waals surface area contributed by atoms with Gasteiger partial charge in [-0.05, 0) is 31.9 Å². The van der Waals surface area contributed by atoms with Crippen molar-refractivity contribution in [2.75, 3.05) is 14.2 Å². The SMILES string of the molecule is CCCCc1c(OC)ccc(C(C)=O)c1OC. The molecule has 94 valence electrons. The molecule has 0 bridgehead atoms. The smallest absolute Gasteiger partial charge is 0.163 e. The molecule has 0 saturated heterocycles. The maximum Gasteiger partial charge on any atom is 0.163 e. The van der Waals surface area contributed by atoms with E-state index in [1.54, 1.807) is 27.2 Å². The van der Waals surface area contributed by atoms with Crippen LogP contribution in [0.4, 0.5) is 0 Å². The zero-order chi connectivity index (χ0) is 12.8. The van der Waals surface area contributed by atoms with Crippen molar-refractivity contribution in [2.45, 2.75) is 33.1 Å². The third kappa shape index (κ3) is 2.99. The van der Waals surface area contributed by atoms with Gasteiger partial charge in [0.25, 0.3) is 0 Å². The Morgan fingerprint density at radius 3 is 2.41 bits per heavy atom. The number of methoxy groups -OCH3 is 2. The van der Waals surface area contributed by atoms with Crippen LogP contribution >= 0.6 is 0 Å². The molecule has 0 aromatic heterocycles. The lowest BCUT2D eigenvalue weighted by atomic mass is 10.0. The lowest BCUT2D eigenvalue weighted by Gasteiger charge is -2.15. The van der Waals surface area contributed by atoms with Crippen LogP contribution in [0.5, 0.6) is 11.5 Å². The quantitative estimate of drug-likeness (QED) is 0.711. The van der Waals surface area contributed by atoms with Crippen LogP contribution in [0, 0.1) is 0 Å². The topological polar surface area (TPSA) is 35.5 Å². The van der Waals surface area contributed by atoms with Crippen molar-refractivity contribution in [1.82, 2.24) is 0 Å². The van der Waals surface area contributed by atoms with Gasteiger partial charge in [0.05, 0.1) is 19.8 Å². The van der Waals surface area contributed by atoms with Gasteiger partial charge in [0.2, 0.25) is 0 Å². The van der Waals surface area contributed by atoms with Crippen LogP contribution < -0.4 is 9.47 Å². The number of benzene rings is 1. The van der Waals surface area contributed by atoms with Gasteiger partial charge in [0, 0.05) is 5.56 Å². The minimum Gasteiger partial charge on any atom is -0.496 e. The summed E-state index contributed by atoms with van der Waals surface area (Å²) in [5.74, 6) is 1.47. The summed E-state index contributed by atoms with van der Waals surface area (Å²) in [5.41, 5.74) is 1.61. The molecular formula is C14H20O3. The van der Waals surface area contributed by atoms with E-state index in [4.69, 9.17) is 9.47 Å². The van der Waals surface area contributed by atoms with Crippen LogP contribution in [-0.4, -0.2) is 20.0 Å². The normalized spacial score (nSPS) is 10.1. The number of carbonyl (C=O) groups excluding carboxylic acids is 1. The van der Waals surface area contributed by atoms with Gasteiger partial charge < -0.3 is 9.47 Å². The number of carbonyl (C=O) groups is 1. The van der Waals surface area contributed by atoms with Gasteiger partial charge in [-0.1, -0.05) is 13.3 Å². The summed E-state index contributed by atoms with van der Waals surface area (Å²) in [6, 6.07) is 3.60. The first-order valence-electron chi connectivity index (χ1n) is 5.90. The summed E-state index contributed by atoms with van der Waals surface area (Å²) in [6.07, 6.45) is 3.01. The van der Waals surface area contributed by atoms with E-state index < -0.39 is 0 Å². The second-order valence-corrected chi connectivity index (χ2v) is 3.99. The van der Waals surface area contributed by atoms with Gasteiger partial charge in [0.1, 0.15) is 11.5 Å². The van der Waals surface area contributed by atoms with Crippen molar-refractivity contribution < 1.29 is 14.3 Å². The van der Waals surface area contributed by atoms with Crippen LogP contribution in [0.3, 0.4) is 0 Å². The molecule has 1 aromatic rings. The van der Waals surface area contributed by atoms with Crippen molar-refractivity contribution in [3.8, 4) is 11.5 Å². The van der Waals surface area contributed by atoms with E-state index in [1.165, 1.54) is 0 Å². The first kappa shape index (κ1) is 13.6. The fraction of sp³-hybridized carbons (Fsp3) is 0.500. The van der Waals surface area contributed by atoms with Gasteiger partial charge in [-0.2, -0.15) is 0 Å². The minimum absolute atomic E-state index is 0.0160. The Kier molecular flexibility index (Phi) is 5.01. The van der Waals surface area contributed by atoms with Crippen LogP contribution in [0.25, 0.3) is 0 Å². The van der Waals surface area contributed by atoms with E-state index in [2.05, 4.69) is 6.92 Å². The second kappa shape index (κ2) is 6.28. The van der Waals surface area contributed by atoms with Gasteiger partial charge in [-0.25, -0.2) is 0 Å². The number of ether oxygens (including phenoxy) is 2. The van der Waals surface area contributed by atoms with Gasteiger partial charge >= 0.3 is 0 Å². The maximum absolute atomic E-state index is 11.5. The minimum atomic E-state index is 0.0160. The molecule has 0 atom stereocenters. The summed E-state index contributed by atoms with van der Waals surface area (Å²) in [7, 11) is 3.23. The molecule has 3 heteroatoms. The standard InChI is InChI=1S/C14H20O3/c1-5-6-7-12-13(16-3)9-8-11(10(2)15)14(12)17-4/h8-9H,5-7H2,1-4H3. The molecule has 0 fully saturated rings. The summed E-state index contributed by atoms with van der Waals surface area (Å²) in [6.45, 7) is 3.68. The van der Waals surface area contributed by atoms with Crippen molar-refractivity contribution in [2.24, 2.45) is 0 Å². The lowest BCUT2D eigenvalue weighted by molar-refractivity contribution is 0.101. The second-order valence-electron chi connectivity index (χ2n) is 3.99. The molecule has 3 nitrogen and oxygen atoms in total. The van der Waals surface area contributed by atoms with Crippen LogP contribution in [-0.2, 0) is 6.42 Å². The zero-order valence-corrected chi connectivity index (χ0v) is 11.0. The van der Waals surface area contributed by atoms with E-state index in [0.717, 1.165) is 30.6 Å². The Bertz CT molecular complexity index is 397. The van der Waals surface area contributed by atoms with E-state index in [9.17, 15) is 4.79 Å². The van der Waals surface area contributed by atoms with E-state index in [-0.39, 0.29) is 5.78 Å². The highest BCUT2D eigenvalue weighted by Crippen LogP contribution is 2.33. The Morgan fingerprint density at radius 2 is 1.94 bits per heavy atom. The molecule has 17 heavy (non-hydrogen) atoms. The average Bonchev–Trinajstić information content (AvgIpc) is 2.34. The number of unbranched alkanes of at least 4 members (excludes halogenated alkanes) is 1. The molecule has 0 amide bonds. The highest BCUT2D eigenvalue weighted by atomic mass is 16.5. The van der Waals surface area contributed by atoms with E-state index in [1.807, 2.05) is 6.07 Å². The van der Waals surface area contributed by atoms with Gasteiger partial charge in [-0.15, -0.1) is 0 Å². The van der Waals surface area contributed by atoms with Crippen molar-refractivity contribution in [3.05, 3.63) is 23.3 Å². The van der Waals surface area contributed by atoms with Gasteiger partial charge in [-0.3, -0.25) is 4.79 Å². The number of hydrogen-bond acceptors (Lipinski definition) is 3.